The highest BCUT2D eigenvalue weighted by atomic mass is 35.5. The van der Waals surface area contributed by atoms with Crippen LogP contribution < -0.4 is 10.2 Å². The van der Waals surface area contributed by atoms with Crippen molar-refractivity contribution in [2.75, 3.05) is 57.3 Å². The van der Waals surface area contributed by atoms with Gasteiger partial charge < -0.3 is 10.2 Å². The molecule has 0 radical (unpaired) electrons. The quantitative estimate of drug-likeness (QED) is 0.882. The Bertz CT molecular complexity index is 568. The Morgan fingerprint density at radius 2 is 1.92 bits per heavy atom. The standard InChI is InChI=1S/C18H26N4O.ClH/c23-18(22-8-6-15-3-1-2-4-17(15)22)14-20-9-11-21(12-10-20)16-5-7-19-13-16;/h1-4,16,19H,5-14H2;1H. The molecule has 0 aromatic heterocycles. The van der Waals surface area contributed by atoms with E-state index < -0.39 is 0 Å². The predicted octanol–water partition coefficient (Wildman–Crippen LogP) is 0.977. The number of benzene rings is 1. The maximum atomic E-state index is 12.7. The largest absolute Gasteiger partial charge is 0.315 e. The Balaban J connectivity index is 0.00000169. The molecule has 1 atom stereocenters. The molecule has 0 aliphatic carbocycles. The normalized spacial score (nSPS) is 24.7. The average Bonchev–Trinajstić information content (AvgIpc) is 3.25. The summed E-state index contributed by atoms with van der Waals surface area (Å²) in [5.41, 5.74) is 2.42. The van der Waals surface area contributed by atoms with Gasteiger partial charge in [0.25, 0.3) is 0 Å². The Hall–Kier alpha value is -1.14. The van der Waals surface area contributed by atoms with Gasteiger partial charge in [-0.25, -0.2) is 0 Å². The first kappa shape index (κ1) is 17.7. The number of amides is 1. The summed E-state index contributed by atoms with van der Waals surface area (Å²) < 4.78 is 0. The monoisotopic (exact) mass is 350 g/mol. The molecule has 3 aliphatic heterocycles. The number of rotatable bonds is 3. The predicted molar refractivity (Wildman–Crippen MR) is 99.0 cm³/mol. The van der Waals surface area contributed by atoms with Gasteiger partial charge in [0.15, 0.2) is 0 Å². The number of carbonyl (C=O) groups excluding carboxylic acids is 1. The minimum absolute atomic E-state index is 0. The van der Waals surface area contributed by atoms with Gasteiger partial charge in [-0.05, 0) is 31.0 Å². The van der Waals surface area contributed by atoms with Gasteiger partial charge in [0, 0.05) is 51.0 Å². The van der Waals surface area contributed by atoms with Gasteiger partial charge >= 0.3 is 0 Å². The van der Waals surface area contributed by atoms with Crippen molar-refractivity contribution in [3.8, 4) is 0 Å². The van der Waals surface area contributed by atoms with Crippen LogP contribution in [0, 0.1) is 0 Å². The maximum absolute atomic E-state index is 12.7. The van der Waals surface area contributed by atoms with Crippen molar-refractivity contribution in [2.24, 2.45) is 0 Å². The number of piperazine rings is 1. The number of carbonyl (C=O) groups is 1. The van der Waals surface area contributed by atoms with E-state index in [2.05, 4.69) is 33.3 Å². The molecule has 1 aromatic carbocycles. The van der Waals surface area contributed by atoms with Crippen LogP contribution in [-0.2, 0) is 11.2 Å². The van der Waals surface area contributed by atoms with E-state index in [-0.39, 0.29) is 18.3 Å². The zero-order chi connectivity index (χ0) is 15.6. The Kier molecular flexibility index (Phi) is 5.76. The van der Waals surface area contributed by atoms with Crippen LogP contribution in [0.2, 0.25) is 0 Å². The molecule has 3 aliphatic rings. The summed E-state index contributed by atoms with van der Waals surface area (Å²) in [4.78, 5) is 19.6. The van der Waals surface area contributed by atoms with E-state index in [1.165, 1.54) is 12.0 Å². The third-order valence-corrected chi connectivity index (χ3v) is 5.50. The second-order valence-electron chi connectivity index (χ2n) is 6.88. The van der Waals surface area contributed by atoms with Gasteiger partial charge in [-0.15, -0.1) is 12.4 Å². The third kappa shape index (κ3) is 3.59. The zero-order valence-corrected chi connectivity index (χ0v) is 14.9. The number of para-hydroxylation sites is 1. The molecule has 4 rings (SSSR count). The lowest BCUT2D eigenvalue weighted by Crippen LogP contribution is -2.53. The number of halogens is 1. The summed E-state index contributed by atoms with van der Waals surface area (Å²) in [5.74, 6) is 0.255. The van der Waals surface area contributed by atoms with E-state index in [4.69, 9.17) is 0 Å². The summed E-state index contributed by atoms with van der Waals surface area (Å²) in [6.45, 7) is 7.89. The van der Waals surface area contributed by atoms with Crippen LogP contribution in [0.5, 0.6) is 0 Å². The van der Waals surface area contributed by atoms with Crippen molar-refractivity contribution in [2.45, 2.75) is 18.9 Å². The molecule has 2 fully saturated rings. The molecule has 1 aromatic rings. The molecule has 24 heavy (non-hydrogen) atoms. The molecule has 6 heteroatoms. The van der Waals surface area contributed by atoms with Gasteiger partial charge in [0.2, 0.25) is 5.91 Å². The second-order valence-corrected chi connectivity index (χ2v) is 6.88. The molecular weight excluding hydrogens is 324 g/mol. The minimum Gasteiger partial charge on any atom is -0.315 e. The SMILES string of the molecule is Cl.O=C(CN1CCN(C2CCNC2)CC1)N1CCc2ccccc21. The van der Waals surface area contributed by atoms with Crippen LogP contribution in [0.15, 0.2) is 24.3 Å². The lowest BCUT2D eigenvalue weighted by atomic mass is 10.2. The molecule has 0 saturated carbocycles. The molecular formula is C18H27ClN4O. The topological polar surface area (TPSA) is 38.8 Å². The van der Waals surface area contributed by atoms with Crippen LogP contribution >= 0.6 is 12.4 Å². The van der Waals surface area contributed by atoms with Crippen LogP contribution in [0.25, 0.3) is 0 Å². The Labute approximate surface area is 150 Å². The molecule has 1 unspecified atom stereocenters. The van der Waals surface area contributed by atoms with Crippen LogP contribution in [0.1, 0.15) is 12.0 Å². The molecule has 5 nitrogen and oxygen atoms in total. The summed E-state index contributed by atoms with van der Waals surface area (Å²) in [5, 5.41) is 3.44. The molecule has 1 amide bonds. The molecule has 3 heterocycles. The van der Waals surface area contributed by atoms with E-state index >= 15 is 0 Å². The summed E-state index contributed by atoms with van der Waals surface area (Å²) in [6, 6.07) is 9.00. The number of nitrogens with zero attached hydrogens (tertiary/aromatic N) is 3. The van der Waals surface area contributed by atoms with Gasteiger partial charge in [-0.2, -0.15) is 0 Å². The van der Waals surface area contributed by atoms with Gasteiger partial charge in [-0.3, -0.25) is 14.6 Å². The molecule has 2 saturated heterocycles. The lowest BCUT2D eigenvalue weighted by molar-refractivity contribution is -0.120. The smallest absolute Gasteiger partial charge is 0.241 e. The van der Waals surface area contributed by atoms with E-state index in [9.17, 15) is 4.79 Å². The highest BCUT2D eigenvalue weighted by Gasteiger charge is 2.29. The van der Waals surface area contributed by atoms with Crippen molar-refractivity contribution in [3.05, 3.63) is 29.8 Å². The van der Waals surface area contributed by atoms with Crippen molar-refractivity contribution in [3.63, 3.8) is 0 Å². The summed E-state index contributed by atoms with van der Waals surface area (Å²) in [7, 11) is 0. The Morgan fingerprint density at radius 3 is 2.67 bits per heavy atom. The fourth-order valence-corrected chi connectivity index (χ4v) is 4.11. The first-order chi connectivity index (χ1) is 11.3. The molecule has 0 spiro atoms. The highest BCUT2D eigenvalue weighted by Crippen LogP contribution is 2.27. The second kappa shape index (κ2) is 7.83. The van der Waals surface area contributed by atoms with E-state index in [1.54, 1.807) is 0 Å². The van der Waals surface area contributed by atoms with Crippen molar-refractivity contribution in [1.29, 1.82) is 0 Å². The fraction of sp³-hybridized carbons (Fsp3) is 0.611. The minimum atomic E-state index is 0. The number of anilines is 1. The first-order valence-electron chi connectivity index (χ1n) is 8.86. The fourth-order valence-electron chi connectivity index (χ4n) is 4.11. The zero-order valence-electron chi connectivity index (χ0n) is 14.1. The van der Waals surface area contributed by atoms with Crippen LogP contribution in [-0.4, -0.2) is 74.1 Å². The average molecular weight is 351 g/mol. The van der Waals surface area contributed by atoms with Crippen molar-refractivity contribution >= 4 is 24.0 Å². The van der Waals surface area contributed by atoms with Gasteiger partial charge in [0.05, 0.1) is 6.54 Å². The van der Waals surface area contributed by atoms with E-state index in [0.29, 0.717) is 12.6 Å². The first-order valence-corrected chi connectivity index (χ1v) is 8.86. The summed E-state index contributed by atoms with van der Waals surface area (Å²) in [6.07, 6.45) is 2.26. The number of hydrogen-bond acceptors (Lipinski definition) is 4. The van der Waals surface area contributed by atoms with E-state index in [1.807, 2.05) is 11.0 Å². The van der Waals surface area contributed by atoms with Gasteiger partial charge in [-0.1, -0.05) is 18.2 Å². The Morgan fingerprint density at radius 1 is 1.12 bits per heavy atom. The lowest BCUT2D eigenvalue weighted by Gasteiger charge is -2.37. The van der Waals surface area contributed by atoms with Crippen LogP contribution in [0.4, 0.5) is 5.69 Å². The highest BCUT2D eigenvalue weighted by molar-refractivity contribution is 5.96. The van der Waals surface area contributed by atoms with Crippen molar-refractivity contribution in [1.82, 2.24) is 15.1 Å². The molecule has 0 bridgehead atoms. The number of nitrogens with one attached hydrogen (secondary N) is 1. The molecule has 132 valence electrons. The maximum Gasteiger partial charge on any atom is 0.241 e. The van der Waals surface area contributed by atoms with Crippen molar-refractivity contribution < 1.29 is 4.79 Å². The van der Waals surface area contributed by atoms with Crippen LogP contribution in [0.3, 0.4) is 0 Å². The number of hydrogen-bond donors (Lipinski definition) is 1. The number of fused-ring (bicyclic) bond motifs is 1. The van der Waals surface area contributed by atoms with Gasteiger partial charge in [0.1, 0.15) is 0 Å². The summed E-state index contributed by atoms with van der Waals surface area (Å²) >= 11 is 0. The third-order valence-electron chi connectivity index (χ3n) is 5.50. The molecule has 1 N–H and O–H groups in total. The van der Waals surface area contributed by atoms with E-state index in [0.717, 1.165) is 57.9 Å².